The van der Waals surface area contributed by atoms with Crippen LogP contribution in [-0.2, 0) is 4.79 Å². The number of hydrogen-bond donors (Lipinski definition) is 3. The van der Waals surface area contributed by atoms with Gasteiger partial charge < -0.3 is 15.5 Å². The van der Waals surface area contributed by atoms with Crippen molar-refractivity contribution in [3.63, 3.8) is 0 Å². The molecule has 4 heteroatoms. The molecule has 0 radical (unpaired) electrons. The number of rotatable bonds is 30. The van der Waals surface area contributed by atoms with Gasteiger partial charge in [0.05, 0.1) is 18.8 Å². The van der Waals surface area contributed by atoms with Gasteiger partial charge in [-0.3, -0.25) is 4.79 Å². The largest absolute Gasteiger partial charge is 0.394 e. The van der Waals surface area contributed by atoms with Gasteiger partial charge in [0.2, 0.25) is 5.91 Å². The molecule has 0 bridgehead atoms. The van der Waals surface area contributed by atoms with Gasteiger partial charge in [0.25, 0.3) is 0 Å². The monoisotopic (exact) mass is 610 g/mol. The van der Waals surface area contributed by atoms with Crippen molar-refractivity contribution in [2.45, 2.75) is 154 Å². The van der Waals surface area contributed by atoms with Crippen LogP contribution in [0, 0.1) is 0 Å². The quantitative estimate of drug-likeness (QED) is 0.0560. The summed E-state index contributed by atoms with van der Waals surface area (Å²) in [5.41, 5.74) is 0. The molecule has 0 heterocycles. The number of hydrogen-bond acceptors (Lipinski definition) is 3. The van der Waals surface area contributed by atoms with Crippen molar-refractivity contribution in [2.75, 3.05) is 6.61 Å². The molecule has 0 saturated heterocycles. The smallest absolute Gasteiger partial charge is 0.220 e. The lowest BCUT2D eigenvalue weighted by Crippen LogP contribution is -2.45. The summed E-state index contributed by atoms with van der Waals surface area (Å²) in [6.07, 6.45) is 51.0. The van der Waals surface area contributed by atoms with Gasteiger partial charge in [0.1, 0.15) is 0 Å². The molecule has 2 unspecified atom stereocenters. The Morgan fingerprint density at radius 1 is 0.568 bits per heavy atom. The van der Waals surface area contributed by atoms with E-state index < -0.39 is 12.1 Å². The number of carbonyl (C=O) groups is 1. The van der Waals surface area contributed by atoms with Crippen LogP contribution in [-0.4, -0.2) is 34.9 Å². The number of carbonyl (C=O) groups excluding carboxylic acids is 1. The number of nitrogens with one attached hydrogen (secondary N) is 1. The Bertz CT molecular complexity index is 834. The van der Waals surface area contributed by atoms with Crippen LogP contribution in [0.2, 0.25) is 0 Å². The lowest BCUT2D eigenvalue weighted by atomic mass is 10.1. The highest BCUT2D eigenvalue weighted by molar-refractivity contribution is 5.76. The minimum Gasteiger partial charge on any atom is -0.394 e. The molecule has 1 amide bonds. The number of aliphatic hydroxyl groups excluding tert-OH is 2. The maximum Gasteiger partial charge on any atom is 0.220 e. The first-order valence-corrected chi connectivity index (χ1v) is 17.8. The SMILES string of the molecule is CC/C=C\C/C=C\C/C=C\C/C=C\C/C=C\C/C=C\CCCCCCCCC(=O)NC(CO)C(O)/C=C/CCCCCCC. The van der Waals surface area contributed by atoms with Gasteiger partial charge in [-0.1, -0.05) is 150 Å². The Morgan fingerprint density at radius 2 is 1.00 bits per heavy atom. The molecule has 2 atom stereocenters. The van der Waals surface area contributed by atoms with Crippen molar-refractivity contribution >= 4 is 5.91 Å². The Morgan fingerprint density at radius 3 is 1.50 bits per heavy atom. The normalized spacial score (nSPS) is 14.2. The van der Waals surface area contributed by atoms with Crippen molar-refractivity contribution in [1.82, 2.24) is 5.32 Å². The molecule has 0 aliphatic heterocycles. The van der Waals surface area contributed by atoms with E-state index in [1.165, 1.54) is 44.9 Å². The van der Waals surface area contributed by atoms with Crippen LogP contribution in [0.1, 0.15) is 142 Å². The van der Waals surface area contributed by atoms with E-state index in [0.717, 1.165) is 77.0 Å². The van der Waals surface area contributed by atoms with Crippen LogP contribution < -0.4 is 5.32 Å². The maximum atomic E-state index is 12.2. The van der Waals surface area contributed by atoms with Crippen molar-refractivity contribution in [3.8, 4) is 0 Å². The zero-order valence-corrected chi connectivity index (χ0v) is 28.4. The topological polar surface area (TPSA) is 69.6 Å². The summed E-state index contributed by atoms with van der Waals surface area (Å²) in [6, 6.07) is -0.632. The maximum absolute atomic E-state index is 12.2. The van der Waals surface area contributed by atoms with Crippen molar-refractivity contribution < 1.29 is 15.0 Å². The van der Waals surface area contributed by atoms with E-state index in [-0.39, 0.29) is 12.5 Å². The molecule has 0 aliphatic rings. The zero-order valence-electron chi connectivity index (χ0n) is 28.4. The minimum atomic E-state index is -0.847. The number of aliphatic hydroxyl groups is 2. The fourth-order valence-electron chi connectivity index (χ4n) is 4.65. The molecule has 250 valence electrons. The Balaban J connectivity index is 3.67. The van der Waals surface area contributed by atoms with E-state index in [1.807, 2.05) is 6.08 Å². The van der Waals surface area contributed by atoms with Gasteiger partial charge in [-0.15, -0.1) is 0 Å². The first-order valence-electron chi connectivity index (χ1n) is 17.8. The lowest BCUT2D eigenvalue weighted by Gasteiger charge is -2.20. The third-order valence-electron chi connectivity index (χ3n) is 7.38. The minimum absolute atomic E-state index is 0.0892. The molecule has 44 heavy (non-hydrogen) atoms. The molecule has 3 N–H and O–H groups in total. The van der Waals surface area contributed by atoms with E-state index >= 15 is 0 Å². The summed E-state index contributed by atoms with van der Waals surface area (Å²) in [4.78, 5) is 12.2. The van der Waals surface area contributed by atoms with Gasteiger partial charge in [-0.2, -0.15) is 0 Å². The van der Waals surface area contributed by atoms with E-state index in [2.05, 4.69) is 92.1 Å². The average Bonchev–Trinajstić information content (AvgIpc) is 3.03. The van der Waals surface area contributed by atoms with Crippen LogP contribution in [0.4, 0.5) is 0 Å². The van der Waals surface area contributed by atoms with Crippen LogP contribution >= 0.6 is 0 Å². The lowest BCUT2D eigenvalue weighted by molar-refractivity contribution is -0.123. The first-order chi connectivity index (χ1) is 21.7. The number of unbranched alkanes of at least 4 members (excludes halogenated alkanes) is 11. The van der Waals surface area contributed by atoms with Crippen LogP contribution in [0.3, 0.4) is 0 Å². The molecular formula is C40H67NO3. The van der Waals surface area contributed by atoms with Gasteiger partial charge in [0.15, 0.2) is 0 Å². The summed E-state index contributed by atoms with van der Waals surface area (Å²) in [5, 5.41) is 22.7. The summed E-state index contributed by atoms with van der Waals surface area (Å²) in [5.74, 6) is -0.0892. The van der Waals surface area contributed by atoms with E-state index in [1.54, 1.807) is 6.08 Å². The second-order valence-electron chi connectivity index (χ2n) is 11.6. The molecule has 0 aliphatic carbocycles. The van der Waals surface area contributed by atoms with Gasteiger partial charge in [-0.25, -0.2) is 0 Å². The molecule has 0 aromatic carbocycles. The van der Waals surface area contributed by atoms with Gasteiger partial charge >= 0.3 is 0 Å². The number of allylic oxidation sites excluding steroid dienone is 13. The van der Waals surface area contributed by atoms with Crippen LogP contribution in [0.25, 0.3) is 0 Å². The second-order valence-corrected chi connectivity index (χ2v) is 11.6. The fourth-order valence-corrected chi connectivity index (χ4v) is 4.65. The molecular weight excluding hydrogens is 542 g/mol. The molecule has 0 saturated carbocycles. The summed E-state index contributed by atoms with van der Waals surface area (Å²) < 4.78 is 0. The van der Waals surface area contributed by atoms with Gasteiger partial charge in [-0.05, 0) is 70.6 Å². The van der Waals surface area contributed by atoms with E-state index in [0.29, 0.717) is 6.42 Å². The molecule has 0 fully saturated rings. The van der Waals surface area contributed by atoms with Crippen LogP contribution in [0.5, 0.6) is 0 Å². The zero-order chi connectivity index (χ0) is 32.2. The molecule has 0 aromatic rings. The van der Waals surface area contributed by atoms with Crippen molar-refractivity contribution in [1.29, 1.82) is 0 Å². The predicted molar refractivity (Wildman–Crippen MR) is 193 cm³/mol. The van der Waals surface area contributed by atoms with Crippen LogP contribution in [0.15, 0.2) is 85.1 Å². The third kappa shape index (κ3) is 31.0. The summed E-state index contributed by atoms with van der Waals surface area (Å²) in [7, 11) is 0. The fraction of sp³-hybridized carbons (Fsp3) is 0.625. The Kier molecular flexibility index (Phi) is 33.1. The Hall–Kier alpha value is -2.43. The third-order valence-corrected chi connectivity index (χ3v) is 7.38. The van der Waals surface area contributed by atoms with Gasteiger partial charge in [0, 0.05) is 6.42 Å². The number of amides is 1. The molecule has 0 aromatic heterocycles. The Labute approximate surface area is 271 Å². The second kappa shape index (κ2) is 35.1. The molecule has 4 nitrogen and oxygen atoms in total. The highest BCUT2D eigenvalue weighted by Gasteiger charge is 2.17. The van der Waals surface area contributed by atoms with Crippen molar-refractivity contribution in [3.05, 3.63) is 85.1 Å². The highest BCUT2D eigenvalue weighted by atomic mass is 16.3. The summed E-state index contributed by atoms with van der Waals surface area (Å²) >= 11 is 0. The molecule has 0 rings (SSSR count). The standard InChI is InChI=1S/C40H67NO3/c1-3-5-7-9-11-12-13-14-15-16-17-18-19-20-21-22-23-24-25-26-27-28-30-32-34-36-40(44)41-38(37-42)39(43)35-33-31-29-10-8-6-4-2/h5,7,11-12,14-15,17-18,20-21,23-24,33,35,38-39,42-43H,3-4,6,8-10,13,16,19,22,25-32,34,36-37H2,1-2H3,(H,41,44)/b7-5-,12-11-,15-14-,18-17-,21-20-,24-23-,35-33+. The van der Waals surface area contributed by atoms with E-state index in [9.17, 15) is 15.0 Å². The van der Waals surface area contributed by atoms with Crippen molar-refractivity contribution in [2.24, 2.45) is 0 Å². The molecule has 0 spiro atoms. The average molecular weight is 610 g/mol. The summed E-state index contributed by atoms with van der Waals surface area (Å²) in [6.45, 7) is 4.10. The predicted octanol–water partition coefficient (Wildman–Crippen LogP) is 10.6. The van der Waals surface area contributed by atoms with E-state index in [4.69, 9.17) is 0 Å². The first kappa shape index (κ1) is 41.6. The highest BCUT2D eigenvalue weighted by Crippen LogP contribution is 2.10.